The number of aryl methyl sites for hydroxylation is 2. The molecule has 2 aromatic heterocycles. The second-order valence-corrected chi connectivity index (χ2v) is 7.26. The summed E-state index contributed by atoms with van der Waals surface area (Å²) in [5, 5.41) is 2.83. The van der Waals surface area contributed by atoms with Crippen molar-refractivity contribution in [1.29, 1.82) is 0 Å². The average Bonchev–Trinajstić information content (AvgIpc) is 2.97. The zero-order valence-electron chi connectivity index (χ0n) is 15.0. The molecule has 0 spiro atoms. The van der Waals surface area contributed by atoms with Gasteiger partial charge in [-0.1, -0.05) is 19.8 Å². The first-order chi connectivity index (χ1) is 12.9. The maximum atomic E-state index is 13.8. The summed E-state index contributed by atoms with van der Waals surface area (Å²) in [6.07, 6.45) is 4.44. The fourth-order valence-electron chi connectivity index (χ4n) is 2.84. The van der Waals surface area contributed by atoms with Crippen LogP contribution in [0.15, 0.2) is 29.3 Å². The van der Waals surface area contributed by atoms with Crippen LogP contribution in [0.5, 0.6) is 0 Å². The van der Waals surface area contributed by atoms with Gasteiger partial charge in [-0.25, -0.2) is 13.8 Å². The molecule has 142 valence electrons. The highest BCUT2D eigenvalue weighted by Crippen LogP contribution is 2.28. The topological polar surface area (TPSA) is 64.0 Å². The third kappa shape index (κ3) is 3.90. The van der Waals surface area contributed by atoms with Gasteiger partial charge in [0.25, 0.3) is 11.5 Å². The van der Waals surface area contributed by atoms with Gasteiger partial charge in [-0.3, -0.25) is 14.2 Å². The molecule has 0 bridgehead atoms. The molecule has 1 N–H and O–H groups in total. The molecule has 27 heavy (non-hydrogen) atoms. The molecule has 0 radical (unpaired) electrons. The van der Waals surface area contributed by atoms with Gasteiger partial charge in [0.15, 0.2) is 0 Å². The summed E-state index contributed by atoms with van der Waals surface area (Å²) in [4.78, 5) is 30.3. The van der Waals surface area contributed by atoms with Gasteiger partial charge in [0.1, 0.15) is 16.5 Å². The Bertz CT molecular complexity index is 1060. The minimum Gasteiger partial charge on any atom is -0.319 e. The van der Waals surface area contributed by atoms with Crippen LogP contribution >= 0.6 is 11.3 Å². The number of unbranched alkanes of at least 4 members (excludes halogenated alkanes) is 2. The highest BCUT2D eigenvalue weighted by molar-refractivity contribution is 7.20. The average molecular weight is 391 g/mol. The highest BCUT2D eigenvalue weighted by Gasteiger charge is 2.20. The summed E-state index contributed by atoms with van der Waals surface area (Å²) in [6, 6.07) is 2.92. The van der Waals surface area contributed by atoms with Crippen LogP contribution in [-0.4, -0.2) is 15.5 Å². The van der Waals surface area contributed by atoms with Crippen LogP contribution in [0, 0.1) is 18.6 Å². The normalized spacial score (nSPS) is 11.1. The third-order valence-corrected chi connectivity index (χ3v) is 5.50. The summed E-state index contributed by atoms with van der Waals surface area (Å²) >= 11 is 1.08. The Labute approximate surface area is 158 Å². The number of amides is 1. The molecule has 5 nitrogen and oxygen atoms in total. The number of halogens is 2. The number of fused-ring (bicyclic) bond motifs is 1. The molecule has 0 unspecified atom stereocenters. The number of thiophene rings is 1. The van der Waals surface area contributed by atoms with Gasteiger partial charge in [-0.15, -0.1) is 11.3 Å². The van der Waals surface area contributed by atoms with Crippen molar-refractivity contribution < 1.29 is 13.6 Å². The monoisotopic (exact) mass is 391 g/mol. The molecule has 2 heterocycles. The molecule has 3 aromatic rings. The third-order valence-electron chi connectivity index (χ3n) is 4.31. The minimum absolute atomic E-state index is 0.122. The van der Waals surface area contributed by atoms with Crippen molar-refractivity contribution >= 4 is 33.1 Å². The lowest BCUT2D eigenvalue weighted by Crippen LogP contribution is -2.20. The summed E-state index contributed by atoms with van der Waals surface area (Å²) in [6.45, 7) is 4.34. The van der Waals surface area contributed by atoms with E-state index in [1.54, 1.807) is 11.5 Å². The van der Waals surface area contributed by atoms with Gasteiger partial charge in [0.05, 0.1) is 22.3 Å². The Kier molecular flexibility index (Phi) is 5.65. The van der Waals surface area contributed by atoms with E-state index in [9.17, 15) is 18.4 Å². The SMILES string of the molecule is CCCCCn1cnc2sc(C(=O)Nc3ccc(F)cc3F)c(C)c2c1=O. The maximum absolute atomic E-state index is 13.8. The number of anilines is 1. The number of carbonyl (C=O) groups is 1. The van der Waals surface area contributed by atoms with Gasteiger partial charge >= 0.3 is 0 Å². The second kappa shape index (κ2) is 7.96. The van der Waals surface area contributed by atoms with Gasteiger partial charge in [0.2, 0.25) is 0 Å². The number of carbonyl (C=O) groups excluding carboxylic acids is 1. The Hall–Kier alpha value is -2.61. The summed E-state index contributed by atoms with van der Waals surface area (Å²) in [5.74, 6) is -2.15. The molecule has 8 heteroatoms. The van der Waals surface area contributed by atoms with Gasteiger partial charge in [-0.2, -0.15) is 0 Å². The molecular formula is C19H19F2N3O2S. The van der Waals surface area contributed by atoms with E-state index in [0.29, 0.717) is 28.4 Å². The standard InChI is InChI=1S/C19H19F2N3O2S/c1-3-4-5-8-24-10-22-18-15(19(24)26)11(2)16(27-18)17(25)23-14-7-6-12(20)9-13(14)21/h6-7,9-10H,3-5,8H2,1-2H3,(H,23,25). The molecule has 1 amide bonds. The predicted octanol–water partition coefficient (Wildman–Crippen LogP) is 4.49. The maximum Gasteiger partial charge on any atom is 0.266 e. The van der Waals surface area contributed by atoms with Crippen molar-refractivity contribution in [2.45, 2.75) is 39.7 Å². The molecule has 0 saturated heterocycles. The number of aromatic nitrogens is 2. The van der Waals surface area contributed by atoms with Crippen molar-refractivity contribution in [1.82, 2.24) is 9.55 Å². The van der Waals surface area contributed by atoms with Crippen LogP contribution in [0.4, 0.5) is 14.5 Å². The van der Waals surface area contributed by atoms with Crippen LogP contribution in [0.3, 0.4) is 0 Å². The largest absolute Gasteiger partial charge is 0.319 e. The van der Waals surface area contributed by atoms with Crippen molar-refractivity contribution in [2.75, 3.05) is 5.32 Å². The Morgan fingerprint density at radius 3 is 2.78 bits per heavy atom. The van der Waals surface area contributed by atoms with E-state index in [2.05, 4.69) is 17.2 Å². The van der Waals surface area contributed by atoms with Crippen LogP contribution in [0.2, 0.25) is 0 Å². The number of hydrogen-bond acceptors (Lipinski definition) is 4. The van der Waals surface area contributed by atoms with Crippen molar-refractivity contribution in [3.63, 3.8) is 0 Å². The lowest BCUT2D eigenvalue weighted by Gasteiger charge is -2.06. The van der Waals surface area contributed by atoms with E-state index in [0.717, 1.165) is 42.7 Å². The molecule has 0 aliphatic carbocycles. The van der Waals surface area contributed by atoms with Gasteiger partial charge in [-0.05, 0) is 31.0 Å². The zero-order chi connectivity index (χ0) is 19.6. The first kappa shape index (κ1) is 19.2. The lowest BCUT2D eigenvalue weighted by molar-refractivity contribution is 0.102. The van der Waals surface area contributed by atoms with Crippen LogP contribution in [0.1, 0.15) is 41.4 Å². The molecule has 0 saturated carbocycles. The first-order valence-electron chi connectivity index (χ1n) is 8.67. The van der Waals surface area contributed by atoms with Crippen molar-refractivity contribution in [3.05, 3.63) is 57.0 Å². The molecule has 1 aromatic carbocycles. The first-order valence-corrected chi connectivity index (χ1v) is 9.49. The Morgan fingerprint density at radius 2 is 2.07 bits per heavy atom. The molecule has 0 aliphatic rings. The number of nitrogens with one attached hydrogen (secondary N) is 1. The number of nitrogens with zero attached hydrogens (tertiary/aromatic N) is 2. The van der Waals surface area contributed by atoms with Crippen LogP contribution in [0.25, 0.3) is 10.2 Å². The van der Waals surface area contributed by atoms with Crippen LogP contribution in [-0.2, 0) is 6.54 Å². The second-order valence-electron chi connectivity index (χ2n) is 6.26. The molecular weight excluding hydrogens is 372 g/mol. The zero-order valence-corrected chi connectivity index (χ0v) is 15.8. The number of rotatable bonds is 6. The number of benzene rings is 1. The Morgan fingerprint density at radius 1 is 1.30 bits per heavy atom. The van der Waals surface area contributed by atoms with E-state index < -0.39 is 17.5 Å². The fourth-order valence-corrected chi connectivity index (χ4v) is 3.87. The van der Waals surface area contributed by atoms with E-state index in [1.807, 2.05) is 0 Å². The molecule has 0 atom stereocenters. The Balaban J connectivity index is 1.93. The predicted molar refractivity (Wildman–Crippen MR) is 102 cm³/mol. The van der Waals surface area contributed by atoms with E-state index in [1.165, 1.54) is 6.33 Å². The summed E-state index contributed by atoms with van der Waals surface area (Å²) in [7, 11) is 0. The van der Waals surface area contributed by atoms with E-state index in [4.69, 9.17) is 0 Å². The molecule has 0 fully saturated rings. The highest BCUT2D eigenvalue weighted by atomic mass is 32.1. The van der Waals surface area contributed by atoms with Gasteiger partial charge < -0.3 is 5.32 Å². The van der Waals surface area contributed by atoms with Crippen LogP contribution < -0.4 is 10.9 Å². The minimum atomic E-state index is -0.862. The lowest BCUT2D eigenvalue weighted by atomic mass is 10.2. The van der Waals surface area contributed by atoms with E-state index >= 15 is 0 Å². The fraction of sp³-hybridized carbons (Fsp3) is 0.316. The smallest absolute Gasteiger partial charge is 0.266 e. The quantitative estimate of drug-likeness (QED) is 0.630. The van der Waals surface area contributed by atoms with E-state index in [-0.39, 0.29) is 16.1 Å². The van der Waals surface area contributed by atoms with Crippen molar-refractivity contribution in [2.24, 2.45) is 0 Å². The molecule has 0 aliphatic heterocycles. The summed E-state index contributed by atoms with van der Waals surface area (Å²) in [5.41, 5.74) is 0.206. The van der Waals surface area contributed by atoms with Crippen molar-refractivity contribution in [3.8, 4) is 0 Å². The summed E-state index contributed by atoms with van der Waals surface area (Å²) < 4.78 is 28.3. The molecule has 3 rings (SSSR count). The van der Waals surface area contributed by atoms with Gasteiger partial charge in [0, 0.05) is 12.6 Å². The number of hydrogen-bond donors (Lipinski definition) is 1.